The Morgan fingerprint density at radius 1 is 1.39 bits per heavy atom. The summed E-state index contributed by atoms with van der Waals surface area (Å²) in [6.07, 6.45) is -2.48. The molecule has 100 valence electrons. The lowest BCUT2D eigenvalue weighted by Gasteiger charge is -2.20. The molecule has 0 radical (unpaired) electrons. The molecule has 1 rings (SSSR count). The molecule has 1 unspecified atom stereocenters. The van der Waals surface area contributed by atoms with Gasteiger partial charge in [0.2, 0.25) is 0 Å². The second-order valence-corrected chi connectivity index (χ2v) is 3.72. The van der Waals surface area contributed by atoms with E-state index in [0.29, 0.717) is 18.5 Å². The number of halogens is 3. The minimum absolute atomic E-state index is 0.169. The van der Waals surface area contributed by atoms with Crippen molar-refractivity contribution in [2.45, 2.75) is 25.7 Å². The standard InChI is InChI=1S/C13H16F3NO/c1-3-7-11(17-4-2)10-8-5-6-9-12(10)18-13(14,15)16/h3,5-6,8-9,11,17H,1,4,7H2,2H3. The SMILES string of the molecule is C=CCC(NCC)c1ccccc1OC(F)(F)F. The van der Waals surface area contributed by atoms with E-state index in [0.717, 1.165) is 0 Å². The molecule has 0 aromatic heterocycles. The lowest BCUT2D eigenvalue weighted by Crippen LogP contribution is -2.23. The second kappa shape index (κ2) is 6.44. The van der Waals surface area contributed by atoms with Crippen molar-refractivity contribution < 1.29 is 17.9 Å². The first-order valence-electron chi connectivity index (χ1n) is 5.67. The highest BCUT2D eigenvalue weighted by Gasteiger charge is 2.32. The molecule has 1 atom stereocenters. The molecule has 0 bridgehead atoms. The molecule has 5 heteroatoms. The van der Waals surface area contributed by atoms with Crippen LogP contribution in [0.2, 0.25) is 0 Å². The molecule has 0 aliphatic heterocycles. The van der Waals surface area contributed by atoms with Gasteiger partial charge in [-0.2, -0.15) is 0 Å². The minimum atomic E-state index is -4.68. The Morgan fingerprint density at radius 3 is 2.61 bits per heavy atom. The van der Waals surface area contributed by atoms with E-state index in [2.05, 4.69) is 16.6 Å². The first-order valence-corrected chi connectivity index (χ1v) is 5.67. The Hall–Kier alpha value is -1.49. The van der Waals surface area contributed by atoms with Gasteiger partial charge in [0.25, 0.3) is 0 Å². The number of ether oxygens (including phenoxy) is 1. The zero-order valence-electron chi connectivity index (χ0n) is 10.1. The van der Waals surface area contributed by atoms with E-state index < -0.39 is 6.36 Å². The Labute approximate surface area is 104 Å². The third-order valence-corrected chi connectivity index (χ3v) is 2.37. The highest BCUT2D eigenvalue weighted by atomic mass is 19.4. The van der Waals surface area contributed by atoms with Crippen molar-refractivity contribution >= 4 is 0 Å². The summed E-state index contributed by atoms with van der Waals surface area (Å²) in [5, 5.41) is 3.11. The highest BCUT2D eigenvalue weighted by molar-refractivity contribution is 5.36. The molecule has 0 spiro atoms. The van der Waals surface area contributed by atoms with E-state index in [4.69, 9.17) is 0 Å². The van der Waals surface area contributed by atoms with Gasteiger partial charge >= 0.3 is 6.36 Å². The maximum absolute atomic E-state index is 12.3. The predicted octanol–water partition coefficient (Wildman–Crippen LogP) is 3.81. The van der Waals surface area contributed by atoms with Gasteiger partial charge in [-0.25, -0.2) is 0 Å². The molecule has 0 saturated carbocycles. The molecule has 18 heavy (non-hydrogen) atoms. The normalized spacial score (nSPS) is 13.1. The number of hydrogen-bond acceptors (Lipinski definition) is 2. The largest absolute Gasteiger partial charge is 0.573 e. The fraction of sp³-hybridized carbons (Fsp3) is 0.385. The zero-order valence-corrected chi connectivity index (χ0v) is 10.1. The van der Waals surface area contributed by atoms with Crippen molar-refractivity contribution in [3.63, 3.8) is 0 Å². The monoisotopic (exact) mass is 259 g/mol. The summed E-state index contributed by atoms with van der Waals surface area (Å²) in [5.41, 5.74) is 0.483. The molecule has 1 N–H and O–H groups in total. The fourth-order valence-electron chi connectivity index (χ4n) is 1.72. The molecular weight excluding hydrogens is 243 g/mol. The smallest absolute Gasteiger partial charge is 0.405 e. The number of hydrogen-bond donors (Lipinski definition) is 1. The van der Waals surface area contributed by atoms with Gasteiger partial charge in [0, 0.05) is 11.6 Å². The van der Waals surface area contributed by atoms with Crippen LogP contribution in [-0.2, 0) is 0 Å². The summed E-state index contributed by atoms with van der Waals surface area (Å²) in [5.74, 6) is -0.169. The average Bonchev–Trinajstić information content (AvgIpc) is 2.27. The van der Waals surface area contributed by atoms with Crippen LogP contribution in [0.4, 0.5) is 13.2 Å². The summed E-state index contributed by atoms with van der Waals surface area (Å²) in [7, 11) is 0. The van der Waals surface area contributed by atoms with Gasteiger partial charge in [0.15, 0.2) is 0 Å². The van der Waals surface area contributed by atoms with Crippen LogP contribution in [-0.4, -0.2) is 12.9 Å². The van der Waals surface area contributed by atoms with E-state index in [1.807, 2.05) is 6.92 Å². The number of nitrogens with one attached hydrogen (secondary N) is 1. The van der Waals surface area contributed by atoms with Crippen molar-refractivity contribution in [2.24, 2.45) is 0 Å². The fourth-order valence-corrected chi connectivity index (χ4v) is 1.72. The maximum atomic E-state index is 12.3. The Bertz CT molecular complexity index is 390. The highest BCUT2D eigenvalue weighted by Crippen LogP contribution is 2.31. The summed E-state index contributed by atoms with van der Waals surface area (Å²) in [6, 6.07) is 5.91. The Kier molecular flexibility index (Phi) is 5.22. The number of rotatable bonds is 6. The molecule has 1 aromatic rings. The van der Waals surface area contributed by atoms with Gasteiger partial charge in [-0.3, -0.25) is 0 Å². The van der Waals surface area contributed by atoms with E-state index >= 15 is 0 Å². The van der Waals surface area contributed by atoms with Crippen LogP contribution in [0.25, 0.3) is 0 Å². The van der Waals surface area contributed by atoms with Gasteiger partial charge in [0.05, 0.1) is 0 Å². The van der Waals surface area contributed by atoms with Crippen LogP contribution in [0.5, 0.6) is 5.75 Å². The van der Waals surface area contributed by atoms with Crippen LogP contribution in [0.15, 0.2) is 36.9 Å². The molecule has 0 aliphatic rings. The van der Waals surface area contributed by atoms with Crippen LogP contribution in [0.1, 0.15) is 24.9 Å². The number of para-hydroxylation sites is 1. The number of benzene rings is 1. The molecule has 2 nitrogen and oxygen atoms in total. The van der Waals surface area contributed by atoms with Gasteiger partial charge < -0.3 is 10.1 Å². The van der Waals surface area contributed by atoms with Crippen LogP contribution >= 0.6 is 0 Å². The molecular formula is C13H16F3NO. The average molecular weight is 259 g/mol. The molecule has 0 amide bonds. The van der Waals surface area contributed by atoms with E-state index in [1.165, 1.54) is 12.1 Å². The van der Waals surface area contributed by atoms with Gasteiger partial charge in [-0.1, -0.05) is 31.2 Å². The van der Waals surface area contributed by atoms with Gasteiger partial charge in [0.1, 0.15) is 5.75 Å². The molecule has 0 saturated heterocycles. The second-order valence-electron chi connectivity index (χ2n) is 3.72. The molecule has 1 aromatic carbocycles. The Morgan fingerprint density at radius 2 is 2.06 bits per heavy atom. The molecule has 0 fully saturated rings. The van der Waals surface area contributed by atoms with Crippen molar-refractivity contribution in [1.29, 1.82) is 0 Å². The van der Waals surface area contributed by atoms with Crippen molar-refractivity contribution in [3.05, 3.63) is 42.5 Å². The van der Waals surface area contributed by atoms with Crippen LogP contribution in [0.3, 0.4) is 0 Å². The first kappa shape index (κ1) is 14.6. The quantitative estimate of drug-likeness (QED) is 0.784. The van der Waals surface area contributed by atoms with Crippen molar-refractivity contribution in [2.75, 3.05) is 6.54 Å². The van der Waals surface area contributed by atoms with E-state index in [9.17, 15) is 13.2 Å². The summed E-state index contributed by atoms with van der Waals surface area (Å²) in [4.78, 5) is 0. The third kappa shape index (κ3) is 4.41. The number of alkyl halides is 3. The summed E-state index contributed by atoms with van der Waals surface area (Å²) >= 11 is 0. The summed E-state index contributed by atoms with van der Waals surface area (Å²) < 4.78 is 40.9. The van der Waals surface area contributed by atoms with E-state index in [1.54, 1.807) is 18.2 Å². The Balaban J connectivity index is 3.01. The lowest BCUT2D eigenvalue weighted by atomic mass is 10.0. The van der Waals surface area contributed by atoms with Gasteiger partial charge in [-0.15, -0.1) is 19.8 Å². The summed E-state index contributed by atoms with van der Waals surface area (Å²) in [6.45, 7) is 6.15. The van der Waals surface area contributed by atoms with Crippen LogP contribution < -0.4 is 10.1 Å². The van der Waals surface area contributed by atoms with Gasteiger partial charge in [-0.05, 0) is 19.0 Å². The topological polar surface area (TPSA) is 21.3 Å². The third-order valence-electron chi connectivity index (χ3n) is 2.37. The first-order chi connectivity index (χ1) is 8.48. The van der Waals surface area contributed by atoms with Crippen LogP contribution in [0, 0.1) is 0 Å². The van der Waals surface area contributed by atoms with E-state index in [-0.39, 0.29) is 11.8 Å². The molecule has 0 aliphatic carbocycles. The predicted molar refractivity (Wildman–Crippen MR) is 64.4 cm³/mol. The maximum Gasteiger partial charge on any atom is 0.573 e. The zero-order chi connectivity index (χ0) is 13.6. The van der Waals surface area contributed by atoms with Crippen molar-refractivity contribution in [3.8, 4) is 5.75 Å². The van der Waals surface area contributed by atoms with Crippen molar-refractivity contribution in [1.82, 2.24) is 5.32 Å². The minimum Gasteiger partial charge on any atom is -0.405 e. The lowest BCUT2D eigenvalue weighted by molar-refractivity contribution is -0.275. The molecule has 0 heterocycles.